The Balaban J connectivity index is 1.35. The van der Waals surface area contributed by atoms with Gasteiger partial charge in [0, 0.05) is 49.5 Å². The minimum atomic E-state index is -0.237. The van der Waals surface area contributed by atoms with E-state index in [0.717, 1.165) is 48.6 Å². The van der Waals surface area contributed by atoms with Crippen molar-refractivity contribution in [2.75, 3.05) is 31.5 Å². The number of carbonyl (C=O) groups excluding carboxylic acids is 1. The number of nitrogens with one attached hydrogen (secondary N) is 1. The molecule has 1 aliphatic heterocycles. The molecule has 5 heteroatoms. The van der Waals surface area contributed by atoms with Crippen LogP contribution < -0.4 is 5.32 Å². The van der Waals surface area contributed by atoms with E-state index in [4.69, 9.17) is 0 Å². The molecule has 0 saturated carbocycles. The van der Waals surface area contributed by atoms with Gasteiger partial charge in [0.1, 0.15) is 5.82 Å². The zero-order valence-electron chi connectivity index (χ0n) is 17.8. The number of rotatable bonds is 6. The van der Waals surface area contributed by atoms with E-state index in [1.54, 1.807) is 6.07 Å². The van der Waals surface area contributed by atoms with E-state index >= 15 is 0 Å². The number of para-hydroxylation sites is 1. The molecule has 31 heavy (non-hydrogen) atoms. The minimum Gasteiger partial charge on any atom is -0.324 e. The molecule has 160 valence electrons. The molecule has 1 amide bonds. The van der Waals surface area contributed by atoms with Crippen molar-refractivity contribution in [2.45, 2.75) is 19.5 Å². The number of nitrogens with zero attached hydrogens (tertiary/aromatic N) is 2. The molecule has 1 fully saturated rings. The van der Waals surface area contributed by atoms with Crippen LogP contribution in [-0.4, -0.2) is 47.9 Å². The Morgan fingerprint density at radius 1 is 0.903 bits per heavy atom. The van der Waals surface area contributed by atoms with E-state index in [-0.39, 0.29) is 17.8 Å². The second kappa shape index (κ2) is 9.86. The normalized spacial score (nSPS) is 16.1. The van der Waals surface area contributed by atoms with Gasteiger partial charge in [-0.25, -0.2) is 4.39 Å². The smallest absolute Gasteiger partial charge is 0.241 e. The van der Waals surface area contributed by atoms with Crippen molar-refractivity contribution in [3.8, 4) is 11.1 Å². The van der Waals surface area contributed by atoms with Crippen LogP contribution in [0.5, 0.6) is 0 Å². The zero-order chi connectivity index (χ0) is 21.6. The Labute approximate surface area is 183 Å². The average Bonchev–Trinajstić information content (AvgIpc) is 2.81. The summed E-state index contributed by atoms with van der Waals surface area (Å²) < 4.78 is 13.9. The van der Waals surface area contributed by atoms with Gasteiger partial charge in [-0.1, -0.05) is 66.7 Å². The molecule has 4 rings (SSSR count). The van der Waals surface area contributed by atoms with E-state index < -0.39 is 0 Å². The maximum absolute atomic E-state index is 13.9. The summed E-state index contributed by atoms with van der Waals surface area (Å²) in [5.74, 6) is -0.166. The molecule has 0 spiro atoms. The Bertz CT molecular complexity index is 1020. The van der Waals surface area contributed by atoms with Gasteiger partial charge in [-0.05, 0) is 24.6 Å². The van der Waals surface area contributed by atoms with E-state index in [1.807, 2.05) is 73.7 Å². The zero-order valence-corrected chi connectivity index (χ0v) is 17.8. The summed E-state index contributed by atoms with van der Waals surface area (Å²) in [5.41, 5.74) is 3.63. The van der Waals surface area contributed by atoms with Crippen LogP contribution in [0.1, 0.15) is 12.5 Å². The second-order valence-electron chi connectivity index (χ2n) is 7.98. The van der Waals surface area contributed by atoms with Gasteiger partial charge in [0.25, 0.3) is 0 Å². The first-order chi connectivity index (χ1) is 15.1. The summed E-state index contributed by atoms with van der Waals surface area (Å²) in [6.45, 7) is 5.74. The molecular formula is C26H28FN3O. The van der Waals surface area contributed by atoms with Gasteiger partial charge >= 0.3 is 0 Å². The highest BCUT2D eigenvalue weighted by atomic mass is 19.1. The first-order valence-corrected chi connectivity index (χ1v) is 10.8. The molecule has 1 heterocycles. The SMILES string of the molecule is C[C@@H](C(=O)Nc1ccccc1-c1ccccc1)N1CCN(Cc2ccccc2F)CC1. The number of amides is 1. The molecule has 3 aromatic carbocycles. The average molecular weight is 418 g/mol. The molecule has 0 aromatic heterocycles. The fourth-order valence-electron chi connectivity index (χ4n) is 4.04. The third-order valence-electron chi connectivity index (χ3n) is 5.96. The van der Waals surface area contributed by atoms with Gasteiger partial charge in [-0.3, -0.25) is 14.6 Å². The number of anilines is 1. The fourth-order valence-corrected chi connectivity index (χ4v) is 4.04. The number of carbonyl (C=O) groups is 1. The number of hydrogen-bond donors (Lipinski definition) is 1. The van der Waals surface area contributed by atoms with Crippen LogP contribution >= 0.6 is 0 Å². The highest BCUT2D eigenvalue weighted by molar-refractivity contribution is 5.98. The van der Waals surface area contributed by atoms with E-state index in [1.165, 1.54) is 6.07 Å². The first kappa shape index (κ1) is 21.2. The Morgan fingerprint density at radius 2 is 1.55 bits per heavy atom. The van der Waals surface area contributed by atoms with Crippen molar-refractivity contribution in [2.24, 2.45) is 0 Å². The van der Waals surface area contributed by atoms with Gasteiger partial charge in [-0.15, -0.1) is 0 Å². The lowest BCUT2D eigenvalue weighted by Crippen LogP contribution is -2.52. The van der Waals surface area contributed by atoms with Crippen LogP contribution in [0.15, 0.2) is 78.9 Å². The summed E-state index contributed by atoms with van der Waals surface area (Å²) in [6, 6.07) is 24.6. The highest BCUT2D eigenvalue weighted by Crippen LogP contribution is 2.28. The van der Waals surface area contributed by atoms with E-state index in [2.05, 4.69) is 15.1 Å². The Morgan fingerprint density at radius 3 is 2.29 bits per heavy atom. The van der Waals surface area contributed by atoms with Crippen molar-refractivity contribution in [1.82, 2.24) is 9.80 Å². The number of hydrogen-bond acceptors (Lipinski definition) is 3. The van der Waals surface area contributed by atoms with Crippen LogP contribution in [0.4, 0.5) is 10.1 Å². The van der Waals surface area contributed by atoms with Crippen LogP contribution in [0, 0.1) is 5.82 Å². The summed E-state index contributed by atoms with van der Waals surface area (Å²) >= 11 is 0. The topological polar surface area (TPSA) is 35.6 Å². The number of halogens is 1. The summed E-state index contributed by atoms with van der Waals surface area (Å²) in [4.78, 5) is 17.4. The molecule has 3 aromatic rings. The van der Waals surface area contributed by atoms with Crippen LogP contribution in [0.3, 0.4) is 0 Å². The molecule has 0 bridgehead atoms. The van der Waals surface area contributed by atoms with Crippen molar-refractivity contribution < 1.29 is 9.18 Å². The van der Waals surface area contributed by atoms with E-state index in [0.29, 0.717) is 6.54 Å². The van der Waals surface area contributed by atoms with Crippen molar-refractivity contribution >= 4 is 11.6 Å². The second-order valence-corrected chi connectivity index (χ2v) is 7.98. The molecule has 0 aliphatic carbocycles. The predicted molar refractivity (Wildman–Crippen MR) is 123 cm³/mol. The predicted octanol–water partition coefficient (Wildman–Crippen LogP) is 4.64. The summed E-state index contributed by atoms with van der Waals surface area (Å²) in [7, 11) is 0. The quantitative estimate of drug-likeness (QED) is 0.635. The van der Waals surface area contributed by atoms with Crippen LogP contribution in [0.25, 0.3) is 11.1 Å². The number of piperazine rings is 1. The molecule has 1 atom stereocenters. The number of benzene rings is 3. The molecule has 0 unspecified atom stereocenters. The molecule has 0 radical (unpaired) electrons. The molecule has 1 N–H and O–H groups in total. The fraction of sp³-hybridized carbons (Fsp3) is 0.269. The lowest BCUT2D eigenvalue weighted by atomic mass is 10.0. The molecule has 1 saturated heterocycles. The monoisotopic (exact) mass is 417 g/mol. The van der Waals surface area contributed by atoms with E-state index in [9.17, 15) is 9.18 Å². The third kappa shape index (κ3) is 5.19. The van der Waals surface area contributed by atoms with Crippen molar-refractivity contribution in [1.29, 1.82) is 0 Å². The summed E-state index contributed by atoms with van der Waals surface area (Å²) in [5, 5.41) is 3.12. The van der Waals surface area contributed by atoms with Crippen molar-refractivity contribution in [3.63, 3.8) is 0 Å². The van der Waals surface area contributed by atoms with Crippen LogP contribution in [-0.2, 0) is 11.3 Å². The van der Waals surface area contributed by atoms with Gasteiger partial charge in [-0.2, -0.15) is 0 Å². The summed E-state index contributed by atoms with van der Waals surface area (Å²) in [6.07, 6.45) is 0. The molecule has 1 aliphatic rings. The minimum absolute atomic E-state index is 0.00839. The van der Waals surface area contributed by atoms with Crippen LogP contribution in [0.2, 0.25) is 0 Å². The highest BCUT2D eigenvalue weighted by Gasteiger charge is 2.26. The van der Waals surface area contributed by atoms with Crippen molar-refractivity contribution in [3.05, 3.63) is 90.2 Å². The Kier molecular flexibility index (Phi) is 6.75. The molecule has 4 nitrogen and oxygen atoms in total. The largest absolute Gasteiger partial charge is 0.324 e. The third-order valence-corrected chi connectivity index (χ3v) is 5.96. The van der Waals surface area contributed by atoms with Gasteiger partial charge < -0.3 is 5.32 Å². The lowest BCUT2D eigenvalue weighted by Gasteiger charge is -2.37. The maximum atomic E-state index is 13.9. The Hall–Kier alpha value is -3.02. The van der Waals surface area contributed by atoms with Gasteiger partial charge in [0.2, 0.25) is 5.91 Å². The molecular weight excluding hydrogens is 389 g/mol. The standard InChI is InChI=1S/C26H28FN3O/c1-20(30-17-15-29(16-18-30)19-22-11-5-7-13-24(22)27)26(31)28-25-14-8-6-12-23(25)21-9-3-2-4-10-21/h2-14,20H,15-19H2,1H3,(H,28,31)/t20-/m0/s1. The van der Waals surface area contributed by atoms with Gasteiger partial charge in [0.05, 0.1) is 6.04 Å². The maximum Gasteiger partial charge on any atom is 0.241 e. The van der Waals surface area contributed by atoms with Gasteiger partial charge in [0.15, 0.2) is 0 Å². The first-order valence-electron chi connectivity index (χ1n) is 10.8. The lowest BCUT2D eigenvalue weighted by molar-refractivity contribution is -0.121.